The van der Waals surface area contributed by atoms with Crippen molar-refractivity contribution >= 4 is 44.2 Å². The van der Waals surface area contributed by atoms with Crippen LogP contribution in [0.4, 0.5) is 10.2 Å². The van der Waals surface area contributed by atoms with Crippen LogP contribution >= 0.6 is 11.6 Å². The van der Waals surface area contributed by atoms with E-state index in [2.05, 4.69) is 16.5 Å². The number of benzene rings is 2. The molecule has 1 saturated heterocycles. The topological polar surface area (TPSA) is 129 Å². The van der Waals surface area contributed by atoms with Gasteiger partial charge < -0.3 is 9.80 Å². The third kappa shape index (κ3) is 5.81. The van der Waals surface area contributed by atoms with Crippen LogP contribution in [-0.2, 0) is 14.6 Å². The van der Waals surface area contributed by atoms with Gasteiger partial charge in [-0.3, -0.25) is 4.79 Å². The van der Waals surface area contributed by atoms with Gasteiger partial charge in [-0.25, -0.2) is 27.2 Å². The number of carbonyl (C=O) groups excluding carboxylic acids is 1. The number of nitriles is 1. The molecule has 0 unspecified atom stereocenters. The molecule has 1 fully saturated rings. The number of hydrogen-bond donors (Lipinski definition) is 0. The number of hydrogen-bond acceptors (Lipinski definition) is 8. The summed E-state index contributed by atoms with van der Waals surface area (Å²) in [4.78, 5) is 38.8. The van der Waals surface area contributed by atoms with Crippen LogP contribution in [0.2, 0.25) is 5.02 Å². The van der Waals surface area contributed by atoms with E-state index in [1.165, 1.54) is 36.4 Å². The van der Waals surface area contributed by atoms with Crippen LogP contribution in [0.5, 0.6) is 0 Å². The largest absolute Gasteiger partial charge is 0.355 e. The Labute approximate surface area is 264 Å². The van der Waals surface area contributed by atoms with Crippen molar-refractivity contribution in [3.63, 3.8) is 0 Å². The van der Waals surface area contributed by atoms with Gasteiger partial charge in [0.25, 0.3) is 0 Å². The highest BCUT2D eigenvalue weighted by Gasteiger charge is 2.31. The van der Waals surface area contributed by atoms with Crippen LogP contribution < -0.4 is 10.6 Å². The van der Waals surface area contributed by atoms with Crippen LogP contribution in [0, 0.1) is 17.1 Å². The summed E-state index contributed by atoms with van der Waals surface area (Å²) >= 11 is 6.45. The first-order chi connectivity index (χ1) is 21.3. The van der Waals surface area contributed by atoms with Crippen LogP contribution in [0.3, 0.4) is 0 Å². The van der Waals surface area contributed by atoms with Gasteiger partial charge in [0.05, 0.1) is 32.6 Å². The molecular formula is C32H30ClFN6O4S. The Morgan fingerprint density at radius 1 is 1.20 bits per heavy atom. The molecule has 13 heteroatoms. The van der Waals surface area contributed by atoms with Crippen molar-refractivity contribution in [2.24, 2.45) is 0 Å². The van der Waals surface area contributed by atoms with E-state index in [0.717, 1.165) is 10.8 Å². The van der Waals surface area contributed by atoms with Gasteiger partial charge in [0.15, 0.2) is 15.5 Å². The average Bonchev–Trinajstić information content (AvgIpc) is 3.00. The van der Waals surface area contributed by atoms with E-state index in [-0.39, 0.29) is 73.7 Å². The summed E-state index contributed by atoms with van der Waals surface area (Å²) in [5.74, 6) is -1.11. The minimum absolute atomic E-state index is 0.0466. The third-order valence-corrected chi connectivity index (χ3v) is 9.27. The maximum absolute atomic E-state index is 16.1. The lowest BCUT2D eigenvalue weighted by Gasteiger charge is -2.40. The SMILES string of the molecule is C=CC(=O)N1CCN(c2nc(=O)n(-c3c(C(C)C)cccc3S(C)(=O)=O)c3nc(-c4cc(C#N)ccc4Cl)c(F)cc23)[C@@H](C)C1. The molecule has 0 N–H and O–H groups in total. The molecule has 0 saturated carbocycles. The zero-order valence-corrected chi connectivity index (χ0v) is 26.7. The number of nitrogens with zero attached hydrogens (tertiary/aromatic N) is 6. The summed E-state index contributed by atoms with van der Waals surface area (Å²) in [5.41, 5.74) is -0.152. The number of rotatable bonds is 6. The summed E-state index contributed by atoms with van der Waals surface area (Å²) in [6.45, 7) is 10.0. The quantitative estimate of drug-likeness (QED) is 0.271. The van der Waals surface area contributed by atoms with Gasteiger partial charge in [0.1, 0.15) is 17.3 Å². The highest BCUT2D eigenvalue weighted by molar-refractivity contribution is 7.90. The first kappa shape index (κ1) is 31.8. The number of amides is 1. The van der Waals surface area contributed by atoms with E-state index in [0.29, 0.717) is 18.7 Å². The molecule has 45 heavy (non-hydrogen) atoms. The Balaban J connectivity index is 1.89. The maximum Gasteiger partial charge on any atom is 0.355 e. The lowest BCUT2D eigenvalue weighted by atomic mass is 10.0. The van der Waals surface area contributed by atoms with Crippen molar-refractivity contribution in [2.75, 3.05) is 30.8 Å². The monoisotopic (exact) mass is 648 g/mol. The molecule has 1 atom stereocenters. The summed E-state index contributed by atoms with van der Waals surface area (Å²) < 4.78 is 43.3. The zero-order chi connectivity index (χ0) is 32.8. The van der Waals surface area contributed by atoms with E-state index < -0.39 is 21.3 Å². The van der Waals surface area contributed by atoms with Crippen LogP contribution in [-0.4, -0.2) is 65.7 Å². The molecule has 2 aromatic heterocycles. The van der Waals surface area contributed by atoms with Gasteiger partial charge in [0.2, 0.25) is 5.91 Å². The number of anilines is 1. The Hall–Kier alpha value is -4.60. The lowest BCUT2D eigenvalue weighted by molar-refractivity contribution is -0.126. The molecule has 1 aliphatic heterocycles. The van der Waals surface area contributed by atoms with E-state index in [4.69, 9.17) is 11.6 Å². The molecule has 1 aliphatic rings. The molecule has 2 aromatic carbocycles. The third-order valence-electron chi connectivity index (χ3n) is 7.81. The standard InChI is InChI=1S/C32H30ClFN6O4S/c1-6-27(41)38-12-13-39(19(4)17-38)30-23-15-25(34)28(22-14-20(16-35)10-11-24(22)33)36-31(23)40(32(42)37-30)29-21(18(2)3)8-7-9-26(29)45(5,43)44/h6-11,14-15,18-19H,1,12-13,17H2,2-5H3/t19-/m0/s1. The summed E-state index contributed by atoms with van der Waals surface area (Å²) in [5, 5.41) is 9.75. The number of sulfone groups is 1. The highest BCUT2D eigenvalue weighted by Crippen LogP contribution is 2.36. The minimum Gasteiger partial charge on any atom is -0.350 e. The summed E-state index contributed by atoms with van der Waals surface area (Å²) in [7, 11) is -3.87. The molecule has 4 aromatic rings. The van der Waals surface area contributed by atoms with Crippen molar-refractivity contribution in [3.8, 4) is 23.0 Å². The smallest absolute Gasteiger partial charge is 0.350 e. The number of piperazine rings is 1. The molecule has 0 bridgehead atoms. The number of carbonyl (C=O) groups is 1. The van der Waals surface area contributed by atoms with E-state index in [1.807, 2.05) is 26.8 Å². The Kier molecular flexibility index (Phi) is 8.53. The number of aromatic nitrogens is 3. The van der Waals surface area contributed by atoms with Crippen molar-refractivity contribution in [3.05, 3.63) is 87.6 Å². The summed E-state index contributed by atoms with van der Waals surface area (Å²) in [6.07, 6.45) is 2.28. The molecule has 0 radical (unpaired) electrons. The average molecular weight is 649 g/mol. The second kappa shape index (κ2) is 12.1. The lowest BCUT2D eigenvalue weighted by Crippen LogP contribution is -2.54. The number of pyridine rings is 1. The van der Waals surface area contributed by atoms with Gasteiger partial charge >= 0.3 is 5.69 Å². The molecule has 1 amide bonds. The fraction of sp³-hybridized carbons (Fsp3) is 0.281. The van der Waals surface area contributed by atoms with Crippen LogP contribution in [0.25, 0.3) is 28.0 Å². The predicted molar refractivity (Wildman–Crippen MR) is 171 cm³/mol. The van der Waals surface area contributed by atoms with Gasteiger partial charge in [-0.1, -0.05) is 44.2 Å². The minimum atomic E-state index is -3.87. The molecule has 0 aliphatic carbocycles. The van der Waals surface area contributed by atoms with Crippen LogP contribution in [0.1, 0.15) is 37.8 Å². The second-order valence-electron chi connectivity index (χ2n) is 11.2. The molecule has 10 nitrogen and oxygen atoms in total. The van der Waals surface area contributed by atoms with Gasteiger partial charge in [-0.2, -0.15) is 10.2 Å². The first-order valence-corrected chi connectivity index (χ1v) is 16.4. The Bertz CT molecular complexity index is 2090. The first-order valence-electron chi connectivity index (χ1n) is 14.1. The predicted octanol–water partition coefficient (Wildman–Crippen LogP) is 4.86. The van der Waals surface area contributed by atoms with Gasteiger partial charge in [-0.05, 0) is 54.8 Å². The van der Waals surface area contributed by atoms with Crippen LogP contribution in [0.15, 0.2) is 64.8 Å². The number of fused-ring (bicyclic) bond motifs is 1. The Morgan fingerprint density at radius 2 is 1.93 bits per heavy atom. The normalized spacial score (nSPS) is 15.4. The van der Waals surface area contributed by atoms with Crippen molar-refractivity contribution in [2.45, 2.75) is 37.6 Å². The zero-order valence-electron chi connectivity index (χ0n) is 25.1. The molecular weight excluding hydrogens is 619 g/mol. The molecule has 232 valence electrons. The van der Waals surface area contributed by atoms with Gasteiger partial charge in [-0.15, -0.1) is 0 Å². The van der Waals surface area contributed by atoms with E-state index in [9.17, 15) is 23.3 Å². The molecule has 5 rings (SSSR count). The molecule has 0 spiro atoms. The fourth-order valence-corrected chi connectivity index (χ4v) is 6.73. The molecule has 3 heterocycles. The van der Waals surface area contributed by atoms with Gasteiger partial charge in [0, 0.05) is 37.5 Å². The van der Waals surface area contributed by atoms with Crippen molar-refractivity contribution in [1.82, 2.24) is 19.4 Å². The summed E-state index contributed by atoms with van der Waals surface area (Å²) in [6, 6.07) is 11.9. The number of para-hydroxylation sites is 1. The fourth-order valence-electron chi connectivity index (χ4n) is 5.64. The highest BCUT2D eigenvalue weighted by atomic mass is 35.5. The Morgan fingerprint density at radius 3 is 2.56 bits per heavy atom. The maximum atomic E-state index is 16.1. The van der Waals surface area contributed by atoms with E-state index in [1.54, 1.807) is 21.9 Å². The van der Waals surface area contributed by atoms with E-state index >= 15 is 4.39 Å². The van der Waals surface area contributed by atoms with Crippen molar-refractivity contribution < 1.29 is 17.6 Å². The second-order valence-corrected chi connectivity index (χ2v) is 13.6. The number of halogens is 2. The van der Waals surface area contributed by atoms with Crippen molar-refractivity contribution in [1.29, 1.82) is 5.26 Å².